The van der Waals surface area contributed by atoms with E-state index in [1.807, 2.05) is 13.8 Å². The summed E-state index contributed by atoms with van der Waals surface area (Å²) in [5.41, 5.74) is 0.772. The first kappa shape index (κ1) is 22.7. The summed E-state index contributed by atoms with van der Waals surface area (Å²) >= 11 is 0. The molecule has 166 valence electrons. The maximum atomic E-state index is 12.6. The van der Waals surface area contributed by atoms with Crippen molar-refractivity contribution in [3.05, 3.63) is 28.7 Å². The molecule has 0 aromatic carbocycles. The second-order valence-electron chi connectivity index (χ2n) is 9.41. The van der Waals surface area contributed by atoms with Crippen LogP contribution in [0.4, 0.5) is 4.79 Å². The Labute approximate surface area is 183 Å². The summed E-state index contributed by atoms with van der Waals surface area (Å²) in [6.07, 6.45) is 3.18. The highest BCUT2D eigenvalue weighted by Crippen LogP contribution is 2.50. The first-order valence-electron chi connectivity index (χ1n) is 10.6. The normalized spacial score (nSPS) is 24.9. The molecule has 2 aliphatic carbocycles. The van der Waals surface area contributed by atoms with Crippen LogP contribution in [0.5, 0.6) is 5.88 Å². The number of aromatic nitrogens is 2. The molecule has 8 nitrogen and oxygen atoms in total. The van der Waals surface area contributed by atoms with Crippen molar-refractivity contribution in [1.29, 1.82) is 5.26 Å². The number of fused-ring (bicyclic) bond motifs is 3. The molecule has 1 amide bonds. The number of methoxy groups -OCH3 is 1. The number of carbonyl (C=O) groups excluding carboxylic acids is 2. The van der Waals surface area contributed by atoms with E-state index in [2.05, 4.69) is 16.4 Å². The van der Waals surface area contributed by atoms with Crippen molar-refractivity contribution in [1.82, 2.24) is 15.3 Å². The zero-order chi connectivity index (χ0) is 23.0. The smallest absolute Gasteiger partial charge is 0.407 e. The third-order valence-electron chi connectivity index (χ3n) is 6.06. The molecule has 1 aromatic heterocycles. The Morgan fingerprint density at radius 2 is 2.10 bits per heavy atom. The molecular weight excluding hydrogens is 396 g/mol. The largest absolute Gasteiger partial charge is 0.481 e. The predicted octanol–water partition coefficient (Wildman–Crippen LogP) is 3.04. The van der Waals surface area contributed by atoms with Gasteiger partial charge in [0.05, 0.1) is 18.4 Å². The molecule has 0 radical (unpaired) electrons. The van der Waals surface area contributed by atoms with E-state index in [1.54, 1.807) is 34.0 Å². The highest BCUT2D eigenvalue weighted by atomic mass is 16.6. The van der Waals surface area contributed by atoms with Crippen LogP contribution in [0, 0.1) is 23.2 Å². The van der Waals surface area contributed by atoms with Crippen molar-refractivity contribution in [2.24, 2.45) is 11.8 Å². The number of allylic oxidation sites excluding steroid dienone is 2. The van der Waals surface area contributed by atoms with Crippen LogP contribution in [0.25, 0.3) is 0 Å². The highest BCUT2D eigenvalue weighted by Gasteiger charge is 2.49. The van der Waals surface area contributed by atoms with E-state index in [0.717, 1.165) is 17.7 Å². The fraction of sp³-hybridized carbons (Fsp3) is 0.609. The van der Waals surface area contributed by atoms with Crippen LogP contribution < -0.4 is 10.1 Å². The molecular formula is C23H30N4O4. The Kier molecular flexibility index (Phi) is 6.08. The molecule has 0 saturated carbocycles. The van der Waals surface area contributed by atoms with E-state index in [9.17, 15) is 14.9 Å². The van der Waals surface area contributed by atoms with Crippen molar-refractivity contribution < 1.29 is 19.1 Å². The molecule has 1 N–H and O–H groups in total. The number of ketones is 1. The number of Topliss-reactive ketones (excluding diaryl/α,β-unsaturated/α-hetero) is 1. The average Bonchev–Trinajstić information content (AvgIpc) is 2.69. The van der Waals surface area contributed by atoms with Crippen LogP contribution in [0.1, 0.15) is 58.1 Å². The lowest BCUT2D eigenvalue weighted by Gasteiger charge is -2.45. The molecule has 0 spiro atoms. The molecule has 8 heteroatoms. The van der Waals surface area contributed by atoms with E-state index < -0.39 is 17.1 Å². The van der Waals surface area contributed by atoms with Gasteiger partial charge in [-0.3, -0.25) is 4.79 Å². The quantitative estimate of drug-likeness (QED) is 0.787. The topological polar surface area (TPSA) is 114 Å². The minimum atomic E-state index is -0.570. The summed E-state index contributed by atoms with van der Waals surface area (Å²) in [6, 6.07) is 2.06. The van der Waals surface area contributed by atoms with Gasteiger partial charge in [0.15, 0.2) is 5.78 Å². The monoisotopic (exact) mass is 426 g/mol. The summed E-state index contributed by atoms with van der Waals surface area (Å²) in [7, 11) is 1.57. The van der Waals surface area contributed by atoms with Gasteiger partial charge >= 0.3 is 6.09 Å². The van der Waals surface area contributed by atoms with Crippen LogP contribution in [0.2, 0.25) is 0 Å². The fourth-order valence-corrected chi connectivity index (χ4v) is 4.66. The molecule has 0 bridgehead atoms. The average molecular weight is 427 g/mol. The van der Waals surface area contributed by atoms with Crippen molar-refractivity contribution in [3.63, 3.8) is 0 Å². The first-order valence-corrected chi connectivity index (χ1v) is 10.6. The number of carbonyl (C=O) groups is 2. The Bertz CT molecular complexity index is 973. The second-order valence-corrected chi connectivity index (χ2v) is 9.41. The maximum Gasteiger partial charge on any atom is 0.407 e. The Morgan fingerprint density at radius 3 is 2.71 bits per heavy atom. The molecule has 1 heterocycles. The zero-order valence-corrected chi connectivity index (χ0v) is 19.0. The second kappa shape index (κ2) is 8.29. The summed E-state index contributed by atoms with van der Waals surface area (Å²) in [5, 5.41) is 12.2. The van der Waals surface area contributed by atoms with Gasteiger partial charge < -0.3 is 14.8 Å². The Morgan fingerprint density at radius 1 is 1.39 bits per heavy atom. The molecule has 0 aliphatic heterocycles. The van der Waals surface area contributed by atoms with E-state index >= 15 is 0 Å². The van der Waals surface area contributed by atoms with E-state index in [-0.39, 0.29) is 23.2 Å². The molecule has 1 aromatic rings. The lowest BCUT2D eigenvalue weighted by atomic mass is 9.58. The van der Waals surface area contributed by atoms with E-state index in [4.69, 9.17) is 14.5 Å². The van der Waals surface area contributed by atoms with Crippen LogP contribution in [0.3, 0.4) is 0 Å². The van der Waals surface area contributed by atoms with Crippen molar-refractivity contribution in [2.75, 3.05) is 13.7 Å². The van der Waals surface area contributed by atoms with Gasteiger partial charge in [-0.15, -0.1) is 0 Å². The van der Waals surface area contributed by atoms with Gasteiger partial charge in [0, 0.05) is 29.9 Å². The van der Waals surface area contributed by atoms with Gasteiger partial charge in [0.1, 0.15) is 17.5 Å². The van der Waals surface area contributed by atoms with Crippen LogP contribution >= 0.6 is 0 Å². The first-order chi connectivity index (χ1) is 14.5. The highest BCUT2D eigenvalue weighted by molar-refractivity contribution is 6.02. The molecule has 2 aliphatic rings. The molecule has 3 rings (SSSR count). The lowest BCUT2D eigenvalue weighted by molar-refractivity contribution is -0.121. The minimum Gasteiger partial charge on any atom is -0.481 e. The number of ether oxygens (including phenoxy) is 2. The lowest BCUT2D eigenvalue weighted by Crippen LogP contribution is -2.46. The number of alkyl carbamates (subject to hydrolysis) is 1. The fourth-order valence-electron chi connectivity index (χ4n) is 4.66. The number of hydrogen-bond donors (Lipinski definition) is 1. The van der Waals surface area contributed by atoms with Crippen molar-refractivity contribution in [3.8, 4) is 11.9 Å². The summed E-state index contributed by atoms with van der Waals surface area (Å²) in [5.74, 6) is 0.739. The number of rotatable bonds is 4. The van der Waals surface area contributed by atoms with Gasteiger partial charge in [-0.05, 0) is 39.5 Å². The summed E-state index contributed by atoms with van der Waals surface area (Å²) < 4.78 is 10.8. The Balaban J connectivity index is 1.92. The number of nitrogens with zero attached hydrogens (tertiary/aromatic N) is 3. The van der Waals surface area contributed by atoms with Crippen LogP contribution in [-0.2, 0) is 27.8 Å². The third-order valence-corrected chi connectivity index (χ3v) is 6.06. The van der Waals surface area contributed by atoms with Gasteiger partial charge in [-0.1, -0.05) is 19.9 Å². The SMILES string of the molecule is COc1nc(CCNC(=O)OC(C)(C)C)nc2c1CC[C@@H]1[C@@H](C)C(=O)C(C#N)=C[C@@]21C. The maximum absolute atomic E-state index is 12.6. The number of nitrogens with one attached hydrogen (secondary N) is 1. The zero-order valence-electron chi connectivity index (χ0n) is 19.0. The summed E-state index contributed by atoms with van der Waals surface area (Å²) in [4.78, 5) is 33.8. The van der Waals surface area contributed by atoms with E-state index in [1.165, 1.54) is 0 Å². The third kappa shape index (κ3) is 4.41. The standard InChI is InChI=1S/C23H30N4O4/c1-13-16-8-7-15-19(23(16,5)11-14(12-24)18(13)28)26-17(27-20(15)30-6)9-10-25-21(29)31-22(2,3)4/h11,13,16H,7-10H2,1-6H3,(H,25,29)/t13-,16-,23-/m1/s1. The summed E-state index contributed by atoms with van der Waals surface area (Å²) in [6.45, 7) is 9.65. The number of nitriles is 1. The molecule has 0 saturated heterocycles. The molecule has 0 fully saturated rings. The van der Waals surface area contributed by atoms with Crippen molar-refractivity contribution in [2.45, 2.75) is 64.9 Å². The van der Waals surface area contributed by atoms with Gasteiger partial charge in [0.25, 0.3) is 0 Å². The molecule has 0 unspecified atom stereocenters. The van der Waals surface area contributed by atoms with Crippen molar-refractivity contribution >= 4 is 11.9 Å². The van der Waals surface area contributed by atoms with Crippen LogP contribution in [-0.4, -0.2) is 41.1 Å². The minimum absolute atomic E-state index is 0.0527. The van der Waals surface area contributed by atoms with Gasteiger partial charge in [-0.25, -0.2) is 9.78 Å². The predicted molar refractivity (Wildman–Crippen MR) is 114 cm³/mol. The molecule has 31 heavy (non-hydrogen) atoms. The van der Waals surface area contributed by atoms with Gasteiger partial charge in [-0.2, -0.15) is 10.2 Å². The van der Waals surface area contributed by atoms with Gasteiger partial charge in [0.2, 0.25) is 5.88 Å². The van der Waals surface area contributed by atoms with E-state index in [0.29, 0.717) is 31.1 Å². The molecule has 3 atom stereocenters. The van der Waals surface area contributed by atoms with Crippen LogP contribution in [0.15, 0.2) is 11.6 Å². The Hall–Kier alpha value is -2.95. The number of amides is 1. The number of hydrogen-bond acceptors (Lipinski definition) is 7.